The van der Waals surface area contributed by atoms with E-state index in [1.165, 1.54) is 0 Å². The monoisotopic (exact) mass is 408 g/mol. The first-order valence-electron chi connectivity index (χ1n) is 10.0. The molecule has 156 valence electrons. The normalized spacial score (nSPS) is 18.4. The van der Waals surface area contributed by atoms with Crippen molar-refractivity contribution in [2.24, 2.45) is 0 Å². The maximum atomic E-state index is 12.8. The van der Waals surface area contributed by atoms with Crippen molar-refractivity contribution >= 4 is 28.5 Å². The molecule has 1 aromatic heterocycles. The van der Waals surface area contributed by atoms with E-state index in [0.717, 1.165) is 18.5 Å². The van der Waals surface area contributed by atoms with E-state index in [1.807, 2.05) is 30.3 Å². The number of benzene rings is 2. The zero-order chi connectivity index (χ0) is 20.9. The van der Waals surface area contributed by atoms with E-state index in [2.05, 4.69) is 10.6 Å². The number of rotatable bonds is 7. The fourth-order valence-corrected chi connectivity index (χ4v) is 3.54. The van der Waals surface area contributed by atoms with Crippen LogP contribution in [0.25, 0.3) is 11.0 Å². The van der Waals surface area contributed by atoms with Crippen LogP contribution in [0.1, 0.15) is 29.5 Å². The van der Waals surface area contributed by atoms with Crippen molar-refractivity contribution in [1.82, 2.24) is 5.32 Å². The molecule has 2 N–H and O–H groups in total. The first kappa shape index (κ1) is 20.1. The number of anilines is 1. The maximum Gasteiger partial charge on any atom is 0.374 e. The summed E-state index contributed by atoms with van der Waals surface area (Å²) in [5, 5.41) is 6.86. The van der Waals surface area contributed by atoms with Gasteiger partial charge in [0.05, 0.1) is 19.3 Å². The summed E-state index contributed by atoms with van der Waals surface area (Å²) >= 11 is 0. The van der Waals surface area contributed by atoms with Crippen LogP contribution in [0.3, 0.4) is 0 Å². The quantitative estimate of drug-likeness (QED) is 0.582. The van der Waals surface area contributed by atoms with Gasteiger partial charge in [-0.15, -0.1) is 0 Å². The van der Waals surface area contributed by atoms with Gasteiger partial charge in [-0.2, -0.15) is 0 Å². The zero-order valence-electron chi connectivity index (χ0n) is 16.7. The molecule has 0 saturated carbocycles. The van der Waals surface area contributed by atoms with Crippen LogP contribution in [-0.4, -0.2) is 37.2 Å². The van der Waals surface area contributed by atoms with E-state index >= 15 is 0 Å². The first-order chi connectivity index (χ1) is 14.6. The van der Waals surface area contributed by atoms with E-state index in [-0.39, 0.29) is 24.4 Å². The van der Waals surface area contributed by atoms with E-state index in [0.29, 0.717) is 23.3 Å². The molecule has 7 nitrogen and oxygen atoms in total. The predicted octanol–water partition coefficient (Wildman–Crippen LogP) is 3.50. The van der Waals surface area contributed by atoms with Gasteiger partial charge in [-0.05, 0) is 49.7 Å². The van der Waals surface area contributed by atoms with Gasteiger partial charge in [-0.25, -0.2) is 4.79 Å². The molecule has 0 unspecified atom stereocenters. The Kier molecular flexibility index (Phi) is 6.11. The molecule has 2 aromatic carbocycles. The number of fused-ring (bicyclic) bond motifs is 1. The minimum absolute atomic E-state index is 0.141. The van der Waals surface area contributed by atoms with E-state index < -0.39 is 12.0 Å². The summed E-state index contributed by atoms with van der Waals surface area (Å²) in [6, 6.07) is 16.3. The number of carbonyl (C=O) groups excluding carboxylic acids is 2. The molecule has 1 amide bonds. The fourth-order valence-electron chi connectivity index (χ4n) is 3.54. The Hall–Kier alpha value is -3.16. The Labute approximate surface area is 174 Å². The summed E-state index contributed by atoms with van der Waals surface area (Å²) in [7, 11) is 0. The number of hydrogen-bond acceptors (Lipinski definition) is 6. The van der Waals surface area contributed by atoms with Crippen molar-refractivity contribution in [2.75, 3.05) is 18.5 Å². The minimum Gasteiger partial charge on any atom is -0.460 e. The molecule has 2 heterocycles. The van der Waals surface area contributed by atoms with Crippen LogP contribution in [0.4, 0.5) is 5.69 Å². The number of esters is 1. The molecular formula is C23H24N2O5. The van der Waals surface area contributed by atoms with Crippen molar-refractivity contribution < 1.29 is 23.5 Å². The second kappa shape index (κ2) is 9.11. The van der Waals surface area contributed by atoms with Crippen molar-refractivity contribution in [2.45, 2.75) is 32.1 Å². The summed E-state index contributed by atoms with van der Waals surface area (Å²) in [6.45, 7) is 3.21. The van der Waals surface area contributed by atoms with Crippen molar-refractivity contribution in [1.29, 1.82) is 0 Å². The molecule has 0 radical (unpaired) electrons. The molecule has 2 atom stereocenters. The Bertz CT molecular complexity index is 1030. The fraction of sp³-hybridized carbons (Fsp3) is 0.304. The van der Waals surface area contributed by atoms with Crippen molar-refractivity contribution in [3.8, 4) is 0 Å². The second-order valence-electron chi connectivity index (χ2n) is 7.13. The highest BCUT2D eigenvalue weighted by molar-refractivity contribution is 5.98. The van der Waals surface area contributed by atoms with Gasteiger partial charge in [0.1, 0.15) is 11.6 Å². The smallest absolute Gasteiger partial charge is 0.374 e. The summed E-state index contributed by atoms with van der Waals surface area (Å²) in [5.41, 5.74) is 2.25. The summed E-state index contributed by atoms with van der Waals surface area (Å²) in [6.07, 6.45) is 0.576. The Morgan fingerprint density at radius 2 is 2.00 bits per heavy atom. The van der Waals surface area contributed by atoms with Crippen LogP contribution in [-0.2, 0) is 20.9 Å². The van der Waals surface area contributed by atoms with Crippen LogP contribution in [0, 0.1) is 0 Å². The topological polar surface area (TPSA) is 89.8 Å². The summed E-state index contributed by atoms with van der Waals surface area (Å²) in [5.74, 6) is -0.519. The molecule has 0 bridgehead atoms. The molecule has 0 spiro atoms. The zero-order valence-corrected chi connectivity index (χ0v) is 16.7. The molecular weight excluding hydrogens is 384 g/mol. The molecule has 1 aliphatic rings. The average Bonchev–Trinajstić information content (AvgIpc) is 3.40. The van der Waals surface area contributed by atoms with Gasteiger partial charge in [0.2, 0.25) is 11.7 Å². The van der Waals surface area contributed by atoms with Crippen LogP contribution in [0.5, 0.6) is 0 Å². The lowest BCUT2D eigenvalue weighted by Gasteiger charge is -2.20. The maximum absolute atomic E-state index is 12.8. The van der Waals surface area contributed by atoms with Gasteiger partial charge in [0, 0.05) is 11.1 Å². The average molecular weight is 408 g/mol. The number of hydrogen-bond donors (Lipinski definition) is 2. The second-order valence-corrected chi connectivity index (χ2v) is 7.13. The number of nitrogens with one attached hydrogen (secondary N) is 2. The molecule has 1 fully saturated rings. The molecule has 1 aliphatic heterocycles. The summed E-state index contributed by atoms with van der Waals surface area (Å²) < 4.78 is 16.5. The third kappa shape index (κ3) is 4.53. The molecule has 3 aromatic rings. The third-order valence-corrected chi connectivity index (χ3v) is 5.01. The highest BCUT2D eigenvalue weighted by Crippen LogP contribution is 2.24. The minimum atomic E-state index is -0.507. The Morgan fingerprint density at radius 1 is 1.17 bits per heavy atom. The van der Waals surface area contributed by atoms with Gasteiger partial charge in [0.25, 0.3) is 0 Å². The molecule has 7 heteroatoms. The number of ether oxygens (including phenoxy) is 2. The van der Waals surface area contributed by atoms with Gasteiger partial charge in [-0.3, -0.25) is 4.79 Å². The van der Waals surface area contributed by atoms with Crippen molar-refractivity contribution in [3.63, 3.8) is 0 Å². The molecule has 1 saturated heterocycles. The van der Waals surface area contributed by atoms with Crippen molar-refractivity contribution in [3.05, 3.63) is 65.9 Å². The molecule has 30 heavy (non-hydrogen) atoms. The summed E-state index contributed by atoms with van der Waals surface area (Å²) in [4.78, 5) is 24.7. The number of amides is 1. The van der Waals surface area contributed by atoms with Gasteiger partial charge in [-0.1, -0.05) is 30.3 Å². The lowest BCUT2D eigenvalue weighted by atomic mass is 10.1. The Morgan fingerprint density at radius 3 is 2.80 bits per heavy atom. The lowest BCUT2D eigenvalue weighted by molar-refractivity contribution is -0.121. The van der Waals surface area contributed by atoms with Crippen LogP contribution < -0.4 is 10.6 Å². The van der Waals surface area contributed by atoms with E-state index in [1.54, 1.807) is 31.2 Å². The third-order valence-electron chi connectivity index (χ3n) is 5.01. The van der Waals surface area contributed by atoms with Gasteiger partial charge in [0.15, 0.2) is 0 Å². The highest BCUT2D eigenvalue weighted by atomic mass is 16.5. The van der Waals surface area contributed by atoms with Crippen LogP contribution in [0.15, 0.2) is 59.0 Å². The Balaban J connectivity index is 1.40. The lowest BCUT2D eigenvalue weighted by Crippen LogP contribution is -2.43. The predicted molar refractivity (Wildman–Crippen MR) is 112 cm³/mol. The standard InChI is InChI=1S/C23H24N2O5/c1-2-28-23(27)20-13-16-12-17(8-9-18(16)30-20)25-22(26)21-19(10-11-24-21)29-14-15-6-4-3-5-7-15/h3-9,12-13,19,21,24H,2,10-11,14H2,1H3,(H,25,26)/t19-,21-/m0/s1. The van der Waals surface area contributed by atoms with E-state index in [4.69, 9.17) is 13.9 Å². The number of carbonyl (C=O) groups is 2. The van der Waals surface area contributed by atoms with Gasteiger partial charge < -0.3 is 24.5 Å². The molecule has 0 aliphatic carbocycles. The first-order valence-corrected chi connectivity index (χ1v) is 10.0. The SMILES string of the molecule is CCOC(=O)c1cc2cc(NC(=O)[C@H]3NCC[C@@H]3OCc3ccccc3)ccc2o1. The van der Waals surface area contributed by atoms with E-state index in [9.17, 15) is 9.59 Å². The number of furan rings is 1. The van der Waals surface area contributed by atoms with Gasteiger partial charge >= 0.3 is 5.97 Å². The molecule has 4 rings (SSSR count). The highest BCUT2D eigenvalue weighted by Gasteiger charge is 2.33. The van der Waals surface area contributed by atoms with Crippen LogP contribution in [0.2, 0.25) is 0 Å². The largest absolute Gasteiger partial charge is 0.460 e. The van der Waals surface area contributed by atoms with Crippen LogP contribution >= 0.6 is 0 Å².